The van der Waals surface area contributed by atoms with Gasteiger partial charge in [-0.1, -0.05) is 12.1 Å². The molecule has 2 aromatic carbocycles. The first-order valence-electron chi connectivity index (χ1n) is 11.1. The Hall–Kier alpha value is -3.75. The fourth-order valence-corrected chi connectivity index (χ4v) is 4.20. The Morgan fingerprint density at radius 1 is 1.09 bits per heavy atom. The number of ether oxygens (including phenoxy) is 2. The third-order valence-corrected chi connectivity index (χ3v) is 5.92. The van der Waals surface area contributed by atoms with Crippen LogP contribution in [0.1, 0.15) is 19.8 Å². The Morgan fingerprint density at radius 2 is 1.82 bits per heavy atom. The number of piperidine rings is 1. The zero-order chi connectivity index (χ0) is 23.4. The molecule has 2 N–H and O–H groups in total. The lowest BCUT2D eigenvalue weighted by Gasteiger charge is -2.33. The number of nitrogens with one attached hydrogen (secondary N) is 2. The Morgan fingerprint density at radius 3 is 2.52 bits per heavy atom. The Labute approximate surface area is 192 Å². The number of carbonyl (C=O) groups is 1. The van der Waals surface area contributed by atoms with E-state index in [1.54, 1.807) is 37.0 Å². The summed E-state index contributed by atoms with van der Waals surface area (Å²) in [6.45, 7) is 3.84. The second-order valence-electron chi connectivity index (χ2n) is 7.90. The molecule has 174 valence electrons. The number of rotatable bonds is 6. The Bertz CT molecular complexity index is 1200. The summed E-state index contributed by atoms with van der Waals surface area (Å²) >= 11 is 0. The van der Waals surface area contributed by atoms with Gasteiger partial charge < -0.3 is 29.6 Å². The van der Waals surface area contributed by atoms with E-state index in [2.05, 4.69) is 15.6 Å². The highest BCUT2D eigenvalue weighted by Gasteiger charge is 2.24. The molecule has 0 unspecified atom stereocenters. The van der Waals surface area contributed by atoms with Crippen molar-refractivity contribution in [2.75, 3.05) is 37.5 Å². The molecule has 2 heterocycles. The third kappa shape index (κ3) is 4.72. The maximum absolute atomic E-state index is 13.0. The second-order valence-corrected chi connectivity index (χ2v) is 7.90. The highest BCUT2D eigenvalue weighted by atomic mass is 16.5. The summed E-state index contributed by atoms with van der Waals surface area (Å²) < 4.78 is 12.3. The topological polar surface area (TPSA) is 97.7 Å². The molecule has 1 aliphatic heterocycles. The minimum absolute atomic E-state index is 0.00949. The summed E-state index contributed by atoms with van der Waals surface area (Å²) in [5.41, 5.74) is 2.19. The summed E-state index contributed by atoms with van der Waals surface area (Å²) in [7, 11) is 3.12. The van der Waals surface area contributed by atoms with E-state index in [4.69, 9.17) is 9.47 Å². The van der Waals surface area contributed by atoms with E-state index in [1.165, 1.54) is 0 Å². The van der Waals surface area contributed by atoms with Crippen molar-refractivity contribution >= 4 is 28.6 Å². The summed E-state index contributed by atoms with van der Waals surface area (Å²) in [6, 6.07) is 12.6. The molecule has 0 atom stereocenters. The predicted molar refractivity (Wildman–Crippen MR) is 129 cm³/mol. The van der Waals surface area contributed by atoms with Crippen LogP contribution >= 0.6 is 0 Å². The van der Waals surface area contributed by atoms with E-state index in [0.717, 1.165) is 23.9 Å². The number of hydrogen-bond donors (Lipinski definition) is 2. The number of anilines is 2. The zero-order valence-corrected chi connectivity index (χ0v) is 19.1. The molecule has 4 rings (SSSR count). The van der Waals surface area contributed by atoms with Crippen molar-refractivity contribution in [3.8, 4) is 11.5 Å². The van der Waals surface area contributed by atoms with Crippen LogP contribution < -0.4 is 30.6 Å². The third-order valence-electron chi connectivity index (χ3n) is 5.92. The smallest absolute Gasteiger partial charge is 0.319 e. The lowest BCUT2D eigenvalue weighted by molar-refractivity contribution is 0.246. The number of benzene rings is 2. The zero-order valence-electron chi connectivity index (χ0n) is 19.1. The van der Waals surface area contributed by atoms with Gasteiger partial charge in [0.1, 0.15) is 0 Å². The molecular weight excluding hydrogens is 422 g/mol. The van der Waals surface area contributed by atoms with Crippen molar-refractivity contribution in [3.63, 3.8) is 0 Å². The van der Waals surface area contributed by atoms with Crippen LogP contribution in [-0.4, -0.2) is 48.9 Å². The molecule has 1 aliphatic rings. The first-order chi connectivity index (χ1) is 16.0. The SMILES string of the molecule is CCn1c(=O)c(N2CCC(NC(=O)Nc3ccc(OC)c(OC)c3)CC2)nc2ccccc21. The number of aromatic nitrogens is 2. The van der Waals surface area contributed by atoms with Gasteiger partial charge in [-0.2, -0.15) is 0 Å². The molecular formula is C24H29N5O4. The van der Waals surface area contributed by atoms with Gasteiger partial charge in [-0.25, -0.2) is 9.78 Å². The molecule has 0 spiro atoms. The number of hydrogen-bond acceptors (Lipinski definition) is 6. The van der Waals surface area contributed by atoms with Crippen LogP contribution in [0, 0.1) is 0 Å². The summed E-state index contributed by atoms with van der Waals surface area (Å²) in [5.74, 6) is 1.62. The van der Waals surface area contributed by atoms with Gasteiger partial charge in [0.15, 0.2) is 17.3 Å². The number of carbonyl (C=O) groups excluding carboxylic acids is 1. The lowest BCUT2D eigenvalue weighted by Crippen LogP contribution is -2.47. The number of amides is 2. The van der Waals surface area contributed by atoms with Crippen LogP contribution in [0.2, 0.25) is 0 Å². The number of para-hydroxylation sites is 2. The van der Waals surface area contributed by atoms with Gasteiger partial charge in [0.25, 0.3) is 5.56 Å². The number of fused-ring (bicyclic) bond motifs is 1. The molecule has 1 fully saturated rings. The van der Waals surface area contributed by atoms with E-state index in [9.17, 15) is 9.59 Å². The minimum Gasteiger partial charge on any atom is -0.493 e. The number of methoxy groups -OCH3 is 2. The Balaban J connectivity index is 1.39. The average molecular weight is 452 g/mol. The van der Waals surface area contributed by atoms with Crippen LogP contribution in [0.25, 0.3) is 11.0 Å². The van der Waals surface area contributed by atoms with Crippen molar-refractivity contribution in [1.29, 1.82) is 0 Å². The molecule has 9 heteroatoms. The lowest BCUT2D eigenvalue weighted by atomic mass is 10.1. The van der Waals surface area contributed by atoms with E-state index < -0.39 is 0 Å². The van der Waals surface area contributed by atoms with Crippen LogP contribution in [0.15, 0.2) is 47.3 Å². The van der Waals surface area contributed by atoms with Crippen LogP contribution in [0.5, 0.6) is 11.5 Å². The van der Waals surface area contributed by atoms with Gasteiger partial charge in [0, 0.05) is 37.4 Å². The van der Waals surface area contributed by atoms with Gasteiger partial charge in [0.2, 0.25) is 0 Å². The molecule has 2 amide bonds. The highest BCUT2D eigenvalue weighted by Crippen LogP contribution is 2.29. The fourth-order valence-electron chi connectivity index (χ4n) is 4.20. The van der Waals surface area contributed by atoms with Crippen molar-refractivity contribution in [2.45, 2.75) is 32.4 Å². The van der Waals surface area contributed by atoms with Crippen molar-refractivity contribution in [3.05, 3.63) is 52.8 Å². The van der Waals surface area contributed by atoms with Gasteiger partial charge >= 0.3 is 6.03 Å². The first-order valence-corrected chi connectivity index (χ1v) is 11.1. The first kappa shape index (κ1) is 22.4. The van der Waals surface area contributed by atoms with Crippen LogP contribution in [0.4, 0.5) is 16.3 Å². The molecule has 0 radical (unpaired) electrons. The largest absolute Gasteiger partial charge is 0.493 e. The fraction of sp³-hybridized carbons (Fsp3) is 0.375. The molecule has 0 saturated carbocycles. The maximum atomic E-state index is 13.0. The van der Waals surface area contributed by atoms with Crippen molar-refractivity contribution < 1.29 is 14.3 Å². The van der Waals surface area contributed by atoms with Gasteiger partial charge in [-0.15, -0.1) is 0 Å². The quantitative estimate of drug-likeness (QED) is 0.597. The monoisotopic (exact) mass is 451 g/mol. The van der Waals surface area contributed by atoms with Crippen LogP contribution in [-0.2, 0) is 6.54 Å². The standard InChI is InChI=1S/C24H29N5O4/c1-4-29-19-8-6-5-7-18(19)27-22(23(29)30)28-13-11-16(12-14-28)25-24(31)26-17-9-10-20(32-2)21(15-17)33-3/h5-10,15-16H,4,11-14H2,1-3H3,(H2,25,26,31). The second kappa shape index (κ2) is 9.81. The minimum atomic E-state index is -0.280. The number of urea groups is 1. The van der Waals surface area contributed by atoms with Gasteiger partial charge in [-0.05, 0) is 44.0 Å². The number of aryl methyl sites for hydroxylation is 1. The average Bonchev–Trinajstić information content (AvgIpc) is 2.84. The highest BCUT2D eigenvalue weighted by molar-refractivity contribution is 5.89. The summed E-state index contributed by atoms with van der Waals surface area (Å²) in [4.78, 5) is 32.2. The molecule has 33 heavy (non-hydrogen) atoms. The van der Waals surface area contributed by atoms with Crippen molar-refractivity contribution in [2.24, 2.45) is 0 Å². The summed E-state index contributed by atoms with van der Waals surface area (Å²) in [6.07, 6.45) is 1.44. The Kier molecular flexibility index (Phi) is 6.67. The molecule has 1 aromatic heterocycles. The molecule has 0 bridgehead atoms. The molecule has 1 saturated heterocycles. The van der Waals surface area contributed by atoms with Crippen molar-refractivity contribution in [1.82, 2.24) is 14.9 Å². The molecule has 9 nitrogen and oxygen atoms in total. The molecule has 0 aliphatic carbocycles. The van der Waals surface area contributed by atoms with E-state index in [0.29, 0.717) is 42.6 Å². The molecule has 3 aromatic rings. The maximum Gasteiger partial charge on any atom is 0.319 e. The van der Waals surface area contributed by atoms with Gasteiger partial charge in [0.05, 0.1) is 25.3 Å². The van der Waals surface area contributed by atoms with E-state index in [1.807, 2.05) is 36.1 Å². The number of nitrogens with zero attached hydrogens (tertiary/aromatic N) is 3. The van der Waals surface area contributed by atoms with E-state index in [-0.39, 0.29) is 17.6 Å². The predicted octanol–water partition coefficient (Wildman–Crippen LogP) is 3.22. The van der Waals surface area contributed by atoms with Gasteiger partial charge in [-0.3, -0.25) is 4.79 Å². The van der Waals surface area contributed by atoms with Crippen LogP contribution in [0.3, 0.4) is 0 Å². The normalized spacial score (nSPS) is 14.2. The van der Waals surface area contributed by atoms with E-state index >= 15 is 0 Å². The summed E-state index contributed by atoms with van der Waals surface area (Å²) in [5, 5.41) is 5.86.